The van der Waals surface area contributed by atoms with Crippen LogP contribution < -0.4 is 29.6 Å². The molecule has 152 valence electrons. The van der Waals surface area contributed by atoms with Crippen molar-refractivity contribution in [1.29, 1.82) is 0 Å². The minimum absolute atomic E-state index is 0. The molecule has 0 saturated heterocycles. The van der Waals surface area contributed by atoms with E-state index < -0.39 is 16.1 Å². The molecule has 0 aromatic heterocycles. The zero-order valence-corrected chi connectivity index (χ0v) is 19.9. The summed E-state index contributed by atoms with van der Waals surface area (Å²) in [6.07, 6.45) is 13.1. The van der Waals surface area contributed by atoms with Gasteiger partial charge < -0.3 is 18.8 Å². The van der Waals surface area contributed by atoms with E-state index >= 15 is 0 Å². The van der Waals surface area contributed by atoms with Crippen molar-refractivity contribution in [2.75, 3.05) is 32.4 Å². The molecule has 0 amide bonds. The smallest absolute Gasteiger partial charge is 0.746 e. The predicted octanol–water partition coefficient (Wildman–Crippen LogP) is 0.852. The van der Waals surface area contributed by atoms with Crippen LogP contribution >= 0.6 is 0 Å². The maximum Gasteiger partial charge on any atom is 1.00 e. The van der Waals surface area contributed by atoms with Gasteiger partial charge in [0.1, 0.15) is 16.1 Å². The topological polar surface area (TPSA) is 84.9 Å². The summed E-state index contributed by atoms with van der Waals surface area (Å²) in [7, 11) is -4.31. The Morgan fingerprint density at radius 3 is 1.85 bits per heavy atom. The second-order valence-electron chi connectivity index (χ2n) is 6.52. The molecule has 0 aliphatic rings. The van der Waals surface area contributed by atoms with Gasteiger partial charge in [-0.05, 0) is 13.3 Å². The van der Waals surface area contributed by atoms with Crippen molar-refractivity contribution in [1.82, 2.24) is 0 Å². The zero-order chi connectivity index (χ0) is 18.8. The Labute approximate surface area is 182 Å². The van der Waals surface area contributed by atoms with Gasteiger partial charge in [-0.25, -0.2) is 8.42 Å². The molecule has 0 aromatic carbocycles. The van der Waals surface area contributed by atoms with Gasteiger partial charge in [0.25, 0.3) is 0 Å². The third kappa shape index (κ3) is 24.8. The van der Waals surface area contributed by atoms with Crippen LogP contribution in [0.25, 0.3) is 0 Å². The molecule has 0 fully saturated rings. The molecule has 26 heavy (non-hydrogen) atoms. The van der Waals surface area contributed by atoms with E-state index in [4.69, 9.17) is 9.47 Å². The molecule has 6 nitrogen and oxygen atoms in total. The summed E-state index contributed by atoms with van der Waals surface area (Å²) < 4.78 is 46.6. The molecule has 0 rings (SSSR count). The molecule has 0 bridgehead atoms. The van der Waals surface area contributed by atoms with Crippen LogP contribution in [0.5, 0.6) is 0 Å². The summed E-state index contributed by atoms with van der Waals surface area (Å²) >= 11 is 0. The molecule has 0 N–H and O–H groups in total. The van der Waals surface area contributed by atoms with Crippen molar-refractivity contribution in [3.63, 3.8) is 0 Å². The van der Waals surface area contributed by atoms with Crippen LogP contribution in [-0.2, 0) is 24.3 Å². The van der Waals surface area contributed by atoms with E-state index in [-0.39, 0.29) is 48.9 Å². The van der Waals surface area contributed by atoms with Gasteiger partial charge in [0.05, 0.1) is 25.9 Å². The molecule has 0 aliphatic carbocycles. The predicted molar refractivity (Wildman–Crippen MR) is 98.6 cm³/mol. The van der Waals surface area contributed by atoms with E-state index in [2.05, 4.69) is 11.7 Å². The van der Waals surface area contributed by atoms with Crippen LogP contribution in [0.1, 0.15) is 78.1 Å². The van der Waals surface area contributed by atoms with Crippen LogP contribution in [0, 0.1) is 0 Å². The Morgan fingerprint density at radius 2 is 1.31 bits per heavy atom. The Kier molecular flexibility index (Phi) is 22.9. The first-order valence-electron chi connectivity index (χ1n) is 9.66. The molecule has 0 spiro atoms. The van der Waals surface area contributed by atoms with Crippen molar-refractivity contribution >= 4 is 10.1 Å². The summed E-state index contributed by atoms with van der Waals surface area (Å²) in [5.41, 5.74) is 0. The van der Waals surface area contributed by atoms with Crippen LogP contribution in [0.15, 0.2) is 0 Å². The number of ether oxygens (including phenoxy) is 3. The van der Waals surface area contributed by atoms with Gasteiger partial charge in [0.15, 0.2) is 0 Å². The first-order valence-corrected chi connectivity index (χ1v) is 11.2. The van der Waals surface area contributed by atoms with Gasteiger partial charge in [-0.3, -0.25) is 0 Å². The van der Waals surface area contributed by atoms with Crippen molar-refractivity contribution in [2.24, 2.45) is 0 Å². The van der Waals surface area contributed by atoms with E-state index in [0.717, 1.165) is 13.0 Å². The standard InChI is InChI=1S/C18H38O6S.Na/c1-3-4-5-6-7-8-9-10-11-12-13-24-18(2)16-22-14-15-23-17-25(19,20)21;/h18H,3-17H2,1-2H3,(H,19,20,21);/q;+1/p-1. The molecule has 1 atom stereocenters. The van der Waals surface area contributed by atoms with Gasteiger partial charge >= 0.3 is 29.6 Å². The van der Waals surface area contributed by atoms with Crippen LogP contribution in [0.2, 0.25) is 0 Å². The van der Waals surface area contributed by atoms with E-state index in [9.17, 15) is 13.0 Å². The normalized spacial score (nSPS) is 12.7. The van der Waals surface area contributed by atoms with Gasteiger partial charge in [0, 0.05) is 6.61 Å². The van der Waals surface area contributed by atoms with Crippen LogP contribution in [0.3, 0.4) is 0 Å². The fourth-order valence-electron chi connectivity index (χ4n) is 2.45. The average molecular weight is 405 g/mol. The Balaban J connectivity index is 0. The molecule has 8 heteroatoms. The zero-order valence-electron chi connectivity index (χ0n) is 17.0. The second kappa shape index (κ2) is 20.5. The first kappa shape index (κ1) is 29.0. The van der Waals surface area contributed by atoms with Gasteiger partial charge in [0.2, 0.25) is 0 Å². The summed E-state index contributed by atoms with van der Waals surface area (Å²) in [4.78, 5) is 0. The minimum atomic E-state index is -4.31. The number of rotatable bonds is 19. The Bertz CT molecular complexity index is 378. The maximum atomic E-state index is 10.3. The molecule has 0 radical (unpaired) electrons. The van der Waals surface area contributed by atoms with E-state index in [1.807, 2.05) is 6.92 Å². The van der Waals surface area contributed by atoms with Gasteiger partial charge in [-0.15, -0.1) is 0 Å². The quantitative estimate of drug-likeness (QED) is 0.180. The molecule has 1 unspecified atom stereocenters. The summed E-state index contributed by atoms with van der Waals surface area (Å²) in [6.45, 7) is 5.71. The molecule has 0 saturated carbocycles. The molecular formula is C18H37NaO6S. The summed E-state index contributed by atoms with van der Waals surface area (Å²) in [6, 6.07) is 0. The van der Waals surface area contributed by atoms with Gasteiger partial charge in [-0.2, -0.15) is 0 Å². The van der Waals surface area contributed by atoms with Crippen molar-refractivity contribution < 1.29 is 56.7 Å². The molecular weight excluding hydrogens is 367 g/mol. The monoisotopic (exact) mass is 404 g/mol. The van der Waals surface area contributed by atoms with Crippen molar-refractivity contribution in [2.45, 2.75) is 84.2 Å². The third-order valence-electron chi connectivity index (χ3n) is 3.85. The van der Waals surface area contributed by atoms with Crippen LogP contribution in [-0.4, -0.2) is 51.4 Å². The molecule has 0 heterocycles. The Morgan fingerprint density at radius 1 is 0.808 bits per heavy atom. The second-order valence-corrected chi connectivity index (χ2v) is 7.87. The largest absolute Gasteiger partial charge is 1.00 e. The first-order chi connectivity index (χ1) is 12.0. The molecule has 0 aromatic rings. The summed E-state index contributed by atoms with van der Waals surface area (Å²) in [5, 5.41) is 0. The minimum Gasteiger partial charge on any atom is -0.746 e. The molecule has 0 aliphatic heterocycles. The van der Waals surface area contributed by atoms with Crippen LogP contribution in [0.4, 0.5) is 0 Å². The number of unbranched alkanes of at least 4 members (excludes halogenated alkanes) is 9. The third-order valence-corrected chi connectivity index (χ3v) is 4.31. The van der Waals surface area contributed by atoms with Gasteiger partial charge in [-0.1, -0.05) is 64.7 Å². The number of hydrogen-bond acceptors (Lipinski definition) is 6. The number of hydrogen-bond donors (Lipinski definition) is 0. The van der Waals surface area contributed by atoms with Crippen molar-refractivity contribution in [3.8, 4) is 0 Å². The average Bonchev–Trinajstić information content (AvgIpc) is 2.55. The van der Waals surface area contributed by atoms with E-state index in [1.54, 1.807) is 0 Å². The van der Waals surface area contributed by atoms with Crippen molar-refractivity contribution in [3.05, 3.63) is 0 Å². The van der Waals surface area contributed by atoms with E-state index in [1.165, 1.54) is 57.8 Å². The fourth-order valence-corrected chi connectivity index (χ4v) is 2.77. The fraction of sp³-hybridized carbons (Fsp3) is 1.00. The Hall–Kier alpha value is 0.790. The SMILES string of the molecule is CCCCCCCCCCCCOC(C)COCCOCS(=O)(=O)[O-].[Na+]. The van der Waals surface area contributed by atoms with E-state index in [0.29, 0.717) is 6.61 Å². The maximum absolute atomic E-state index is 10.3. The summed E-state index contributed by atoms with van der Waals surface area (Å²) in [5.74, 6) is -0.804.